The average molecular weight is 403 g/mol. The molecule has 0 amide bonds. The summed E-state index contributed by atoms with van der Waals surface area (Å²) in [6.45, 7) is 3.71. The third-order valence-electron chi connectivity index (χ3n) is 4.06. The van der Waals surface area contributed by atoms with Crippen LogP contribution in [0.4, 0.5) is 0 Å². The highest BCUT2D eigenvalue weighted by Gasteiger charge is 2.19. The second-order valence-corrected chi connectivity index (χ2v) is 6.71. The largest absolute Gasteiger partial charge is 0.457 e. The van der Waals surface area contributed by atoms with Crippen LogP contribution in [0.15, 0.2) is 59.9 Å². The van der Waals surface area contributed by atoms with Crippen molar-refractivity contribution in [3.8, 4) is 0 Å². The third-order valence-corrected chi connectivity index (χ3v) is 4.80. The summed E-state index contributed by atoms with van der Waals surface area (Å²) in [5, 5.41) is 8.31. The highest BCUT2D eigenvalue weighted by Crippen LogP contribution is 2.29. The number of ether oxygens (including phenoxy) is 1. The van der Waals surface area contributed by atoms with E-state index >= 15 is 0 Å². The molecule has 7 heteroatoms. The van der Waals surface area contributed by atoms with Gasteiger partial charge in [0.25, 0.3) is 5.56 Å². The zero-order valence-corrected chi connectivity index (χ0v) is 15.8. The van der Waals surface area contributed by atoms with Gasteiger partial charge in [0.2, 0.25) is 0 Å². The number of aromatic amines is 1. The van der Waals surface area contributed by atoms with Gasteiger partial charge < -0.3 is 4.74 Å². The van der Waals surface area contributed by atoms with Crippen LogP contribution in [-0.2, 0) is 16.0 Å². The molecule has 1 atom stereocenters. The summed E-state index contributed by atoms with van der Waals surface area (Å²) in [7, 11) is 0. The Balaban J connectivity index is 1.83. The van der Waals surface area contributed by atoms with Gasteiger partial charge in [-0.05, 0) is 23.8 Å². The fraction of sp³-hybridized carbons (Fsp3) is 0.150. The Hall–Kier alpha value is -2.63. The molecule has 5 nitrogen and oxygen atoms in total. The summed E-state index contributed by atoms with van der Waals surface area (Å²) in [5.41, 5.74) is 0.863. The maximum atomic E-state index is 12.5. The molecule has 138 valence electrons. The molecule has 1 N–H and O–H groups in total. The van der Waals surface area contributed by atoms with Crippen molar-refractivity contribution in [3.05, 3.63) is 86.8 Å². The Kier molecular flexibility index (Phi) is 5.94. The number of halogens is 2. The molecule has 0 saturated heterocycles. The number of nitrogens with zero attached hydrogens (tertiary/aromatic N) is 1. The number of esters is 1. The number of hydrogen-bond donors (Lipinski definition) is 1. The van der Waals surface area contributed by atoms with Crippen molar-refractivity contribution >= 4 is 39.9 Å². The summed E-state index contributed by atoms with van der Waals surface area (Å²) in [6, 6.07) is 12.0. The van der Waals surface area contributed by atoms with Crippen molar-refractivity contribution in [2.24, 2.45) is 0 Å². The molecular formula is C20H16Cl2N2O3. The lowest BCUT2D eigenvalue weighted by Crippen LogP contribution is -2.17. The second kappa shape index (κ2) is 8.37. The van der Waals surface area contributed by atoms with Crippen molar-refractivity contribution < 1.29 is 9.53 Å². The van der Waals surface area contributed by atoms with Crippen LogP contribution in [0, 0.1) is 0 Å². The van der Waals surface area contributed by atoms with E-state index in [0.29, 0.717) is 32.9 Å². The van der Waals surface area contributed by atoms with Gasteiger partial charge in [-0.2, -0.15) is 5.10 Å². The first-order valence-corrected chi connectivity index (χ1v) is 8.97. The number of carbonyl (C=O) groups is 1. The van der Waals surface area contributed by atoms with Crippen molar-refractivity contribution in [1.82, 2.24) is 10.2 Å². The fourth-order valence-electron chi connectivity index (χ4n) is 2.76. The SMILES string of the molecule is C=CCC(OC(=O)Cc1n[nH]c(=O)c2ccccc12)c1ccc(Cl)c(Cl)c1. The highest BCUT2D eigenvalue weighted by atomic mass is 35.5. The Bertz CT molecular complexity index is 1060. The first-order chi connectivity index (χ1) is 13.0. The van der Waals surface area contributed by atoms with Crippen molar-refractivity contribution in [2.45, 2.75) is 18.9 Å². The zero-order chi connectivity index (χ0) is 19.4. The molecule has 0 radical (unpaired) electrons. The number of hydrogen-bond acceptors (Lipinski definition) is 4. The van der Waals surface area contributed by atoms with Crippen molar-refractivity contribution in [3.63, 3.8) is 0 Å². The number of nitrogens with one attached hydrogen (secondary N) is 1. The number of rotatable bonds is 6. The third kappa shape index (κ3) is 4.38. The van der Waals surface area contributed by atoms with Crippen LogP contribution >= 0.6 is 23.2 Å². The first kappa shape index (κ1) is 19.1. The minimum Gasteiger partial charge on any atom is -0.457 e. The molecule has 1 heterocycles. The Morgan fingerprint density at radius 1 is 1.19 bits per heavy atom. The molecule has 0 fully saturated rings. The standard InChI is InChI=1S/C20H16Cl2N2O3/c1-2-5-18(12-8-9-15(21)16(22)10-12)27-19(25)11-17-13-6-3-4-7-14(13)20(26)24-23-17/h2-4,6-10,18H,1,5,11H2,(H,24,26). The Morgan fingerprint density at radius 3 is 2.63 bits per heavy atom. The molecule has 1 unspecified atom stereocenters. The van der Waals surface area contributed by atoms with E-state index in [9.17, 15) is 9.59 Å². The van der Waals surface area contributed by atoms with Crippen LogP contribution in [0.5, 0.6) is 0 Å². The van der Waals surface area contributed by atoms with Crippen LogP contribution in [-0.4, -0.2) is 16.2 Å². The molecule has 2 aromatic carbocycles. The lowest BCUT2D eigenvalue weighted by molar-refractivity contribution is -0.148. The van der Waals surface area contributed by atoms with E-state index < -0.39 is 12.1 Å². The normalized spacial score (nSPS) is 11.9. The monoisotopic (exact) mass is 402 g/mol. The number of fused-ring (bicyclic) bond motifs is 1. The van der Waals surface area contributed by atoms with E-state index in [2.05, 4.69) is 16.8 Å². The summed E-state index contributed by atoms with van der Waals surface area (Å²) < 4.78 is 5.61. The van der Waals surface area contributed by atoms with Gasteiger partial charge in [0, 0.05) is 11.8 Å². The van der Waals surface area contributed by atoms with E-state index in [-0.39, 0.29) is 12.0 Å². The molecule has 0 spiro atoms. The Morgan fingerprint density at radius 2 is 1.93 bits per heavy atom. The van der Waals surface area contributed by atoms with Gasteiger partial charge in [-0.25, -0.2) is 5.10 Å². The van der Waals surface area contributed by atoms with E-state index in [4.69, 9.17) is 27.9 Å². The summed E-state index contributed by atoms with van der Waals surface area (Å²) >= 11 is 12.0. The topological polar surface area (TPSA) is 72.0 Å². The van der Waals surface area contributed by atoms with Crippen LogP contribution in [0.25, 0.3) is 10.8 Å². The van der Waals surface area contributed by atoms with Gasteiger partial charge >= 0.3 is 5.97 Å². The Labute approximate surface area is 165 Å². The molecule has 0 bridgehead atoms. The number of aromatic nitrogens is 2. The summed E-state index contributed by atoms with van der Waals surface area (Å²) in [5.74, 6) is -0.474. The number of benzene rings is 2. The second-order valence-electron chi connectivity index (χ2n) is 5.90. The van der Waals surface area contributed by atoms with Crippen molar-refractivity contribution in [1.29, 1.82) is 0 Å². The number of H-pyrrole nitrogens is 1. The quantitative estimate of drug-likeness (QED) is 0.481. The lowest BCUT2D eigenvalue weighted by atomic mass is 10.1. The van der Waals surface area contributed by atoms with Gasteiger partial charge in [-0.3, -0.25) is 9.59 Å². The van der Waals surface area contributed by atoms with Gasteiger partial charge in [0.15, 0.2) is 0 Å². The van der Waals surface area contributed by atoms with Gasteiger partial charge in [0.05, 0.1) is 27.5 Å². The maximum Gasteiger partial charge on any atom is 0.312 e. The van der Waals surface area contributed by atoms with E-state index in [0.717, 1.165) is 5.56 Å². The fourth-order valence-corrected chi connectivity index (χ4v) is 3.07. The molecule has 0 aliphatic rings. The molecule has 0 saturated carbocycles. The summed E-state index contributed by atoms with van der Waals surface area (Å²) in [6.07, 6.45) is 1.46. The molecule has 3 rings (SSSR count). The van der Waals surface area contributed by atoms with E-state index in [1.54, 1.807) is 48.5 Å². The minimum absolute atomic E-state index is 0.0771. The zero-order valence-electron chi connectivity index (χ0n) is 14.2. The molecule has 3 aromatic rings. The molecular weight excluding hydrogens is 387 g/mol. The van der Waals surface area contributed by atoms with Gasteiger partial charge in [-0.15, -0.1) is 6.58 Å². The van der Waals surface area contributed by atoms with Crippen LogP contribution in [0.2, 0.25) is 10.0 Å². The first-order valence-electron chi connectivity index (χ1n) is 8.21. The van der Waals surface area contributed by atoms with Crippen LogP contribution in [0.1, 0.15) is 23.8 Å². The predicted molar refractivity (Wildman–Crippen MR) is 106 cm³/mol. The van der Waals surface area contributed by atoms with Gasteiger partial charge in [-0.1, -0.05) is 53.5 Å². The maximum absolute atomic E-state index is 12.5. The van der Waals surface area contributed by atoms with Gasteiger partial charge in [0.1, 0.15) is 6.10 Å². The molecule has 27 heavy (non-hydrogen) atoms. The minimum atomic E-state index is -0.543. The van der Waals surface area contributed by atoms with E-state index in [1.807, 2.05) is 0 Å². The molecule has 1 aromatic heterocycles. The van der Waals surface area contributed by atoms with Crippen molar-refractivity contribution in [2.75, 3.05) is 0 Å². The molecule has 0 aliphatic heterocycles. The predicted octanol–water partition coefficient (Wildman–Crippen LogP) is 4.63. The smallest absolute Gasteiger partial charge is 0.312 e. The molecule has 0 aliphatic carbocycles. The van der Waals surface area contributed by atoms with Crippen LogP contribution < -0.4 is 5.56 Å². The van der Waals surface area contributed by atoms with Crippen LogP contribution in [0.3, 0.4) is 0 Å². The summed E-state index contributed by atoms with van der Waals surface area (Å²) in [4.78, 5) is 24.4. The van der Waals surface area contributed by atoms with E-state index in [1.165, 1.54) is 0 Å². The lowest BCUT2D eigenvalue weighted by Gasteiger charge is -2.17. The highest BCUT2D eigenvalue weighted by molar-refractivity contribution is 6.42. The average Bonchev–Trinajstić information content (AvgIpc) is 2.66. The number of carbonyl (C=O) groups excluding carboxylic acids is 1.